The molecule has 0 spiro atoms. The maximum absolute atomic E-state index is 14.1. The molecule has 2 aromatic heterocycles. The molecule has 0 saturated heterocycles. The fraction of sp³-hybridized carbons (Fsp3) is 0.0833. The molecule has 0 aliphatic rings. The van der Waals surface area contributed by atoms with Crippen LogP contribution < -0.4 is 4.74 Å². The molecular weight excluding hydrogens is 322 g/mol. The predicted molar refractivity (Wildman–Crippen MR) is 75.5 cm³/mol. The number of rotatable bonds is 2. The number of nitrogens with one attached hydrogen (secondary N) is 1. The Balaban J connectivity index is 2.42. The third-order valence-electron chi connectivity index (χ3n) is 2.84. The predicted octanol–water partition coefficient (Wildman–Crippen LogP) is 3.42. The smallest absolute Gasteiger partial charge is 0.242 e. The van der Waals surface area contributed by atoms with E-state index in [1.54, 1.807) is 0 Å². The van der Waals surface area contributed by atoms with Crippen molar-refractivity contribution in [2.24, 2.45) is 0 Å². The van der Waals surface area contributed by atoms with E-state index in [-0.39, 0.29) is 27.0 Å². The summed E-state index contributed by atoms with van der Waals surface area (Å²) in [7, 11) is 1.43. The highest BCUT2D eigenvalue weighted by molar-refractivity contribution is 7.71. The van der Waals surface area contributed by atoms with Gasteiger partial charge in [0.05, 0.1) is 12.1 Å². The fourth-order valence-corrected chi connectivity index (χ4v) is 2.57. The number of imidazole rings is 1. The number of hydrogen-bond acceptors (Lipinski definition) is 4. The van der Waals surface area contributed by atoms with Crippen molar-refractivity contribution in [3.63, 3.8) is 0 Å². The van der Waals surface area contributed by atoms with Crippen LogP contribution in [0, 0.1) is 16.4 Å². The maximum Gasteiger partial charge on any atom is 0.242 e. The van der Waals surface area contributed by atoms with E-state index in [1.807, 2.05) is 0 Å². The summed E-state index contributed by atoms with van der Waals surface area (Å²) in [6.45, 7) is 0. The summed E-state index contributed by atoms with van der Waals surface area (Å²) in [5.41, 5.74) is 0.583. The van der Waals surface area contributed by atoms with E-state index in [0.717, 1.165) is 12.1 Å². The molecule has 0 fully saturated rings. The van der Waals surface area contributed by atoms with Gasteiger partial charge in [0.15, 0.2) is 16.2 Å². The molecular formula is C12H7ClF2N4OS. The first-order valence-electron chi connectivity index (χ1n) is 5.67. The second-order valence-corrected chi connectivity index (χ2v) is 4.86. The number of halogens is 3. The molecule has 1 N–H and O–H groups in total. The van der Waals surface area contributed by atoms with Crippen LogP contribution in [0.2, 0.25) is 5.02 Å². The van der Waals surface area contributed by atoms with Crippen molar-refractivity contribution in [1.29, 1.82) is 0 Å². The molecule has 0 atom stereocenters. The summed E-state index contributed by atoms with van der Waals surface area (Å²) in [6, 6.07) is 1.72. The van der Waals surface area contributed by atoms with E-state index in [1.165, 1.54) is 18.0 Å². The van der Waals surface area contributed by atoms with Crippen molar-refractivity contribution in [2.45, 2.75) is 0 Å². The molecule has 0 aliphatic heterocycles. The Bertz CT molecular complexity index is 885. The SMILES string of the molecule is COc1ncnc2c1[nH]c(=S)n2-c1c(F)cc(F)cc1Cl. The van der Waals surface area contributed by atoms with E-state index >= 15 is 0 Å². The molecule has 2 heterocycles. The van der Waals surface area contributed by atoms with Crippen LogP contribution in [0.1, 0.15) is 0 Å². The second kappa shape index (κ2) is 5.05. The topological polar surface area (TPSA) is 55.7 Å². The number of aromatic amines is 1. The summed E-state index contributed by atoms with van der Waals surface area (Å²) < 4.78 is 33.7. The molecule has 0 unspecified atom stereocenters. The van der Waals surface area contributed by atoms with Crippen LogP contribution in [0.25, 0.3) is 16.9 Å². The van der Waals surface area contributed by atoms with Crippen LogP contribution in [-0.4, -0.2) is 26.6 Å². The lowest BCUT2D eigenvalue weighted by molar-refractivity contribution is 0.401. The molecule has 108 valence electrons. The third-order valence-corrected chi connectivity index (χ3v) is 3.41. The lowest BCUT2D eigenvalue weighted by atomic mass is 10.3. The van der Waals surface area contributed by atoms with Crippen LogP contribution in [0.4, 0.5) is 8.78 Å². The number of H-pyrrole nitrogens is 1. The molecule has 5 nitrogen and oxygen atoms in total. The minimum atomic E-state index is -0.852. The second-order valence-electron chi connectivity index (χ2n) is 4.07. The first-order valence-corrected chi connectivity index (χ1v) is 6.46. The Morgan fingerprint density at radius 3 is 2.76 bits per heavy atom. The Kier molecular flexibility index (Phi) is 3.34. The lowest BCUT2D eigenvalue weighted by Gasteiger charge is -2.08. The van der Waals surface area contributed by atoms with Crippen LogP contribution in [-0.2, 0) is 0 Å². The van der Waals surface area contributed by atoms with E-state index in [0.29, 0.717) is 5.52 Å². The Morgan fingerprint density at radius 2 is 2.10 bits per heavy atom. The number of ether oxygens (including phenoxy) is 1. The quantitative estimate of drug-likeness (QED) is 0.732. The standard InChI is InChI=1S/C12H7ClF2N4OS/c1-20-11-8-10(16-4-17-11)19(12(21)18-8)9-6(13)2-5(14)3-7(9)15/h2-4H,1H3,(H,18,21). The summed E-state index contributed by atoms with van der Waals surface area (Å²) in [5.74, 6) is -1.38. The normalized spacial score (nSPS) is 11.0. The van der Waals surface area contributed by atoms with E-state index < -0.39 is 11.6 Å². The van der Waals surface area contributed by atoms with Crippen LogP contribution in [0.15, 0.2) is 18.5 Å². The van der Waals surface area contributed by atoms with Crippen LogP contribution in [0.5, 0.6) is 5.88 Å². The van der Waals surface area contributed by atoms with Gasteiger partial charge in [-0.3, -0.25) is 4.57 Å². The monoisotopic (exact) mass is 328 g/mol. The van der Waals surface area contributed by atoms with Crippen LogP contribution in [0.3, 0.4) is 0 Å². The number of nitrogens with zero attached hydrogens (tertiary/aromatic N) is 3. The highest BCUT2D eigenvalue weighted by atomic mass is 35.5. The van der Waals surface area contributed by atoms with Gasteiger partial charge in [-0.25, -0.2) is 13.8 Å². The zero-order valence-corrected chi connectivity index (χ0v) is 12.1. The Hall–Kier alpha value is -2.06. The summed E-state index contributed by atoms with van der Waals surface area (Å²) in [6.07, 6.45) is 1.25. The van der Waals surface area contributed by atoms with E-state index in [2.05, 4.69) is 15.0 Å². The van der Waals surface area contributed by atoms with Crippen molar-refractivity contribution in [1.82, 2.24) is 19.5 Å². The minimum absolute atomic E-state index is 0.0879. The molecule has 0 aliphatic carbocycles. The molecule has 21 heavy (non-hydrogen) atoms. The summed E-state index contributed by atoms with van der Waals surface area (Å²) in [5, 5.41) is -0.123. The van der Waals surface area contributed by atoms with Gasteiger partial charge in [0.1, 0.15) is 23.3 Å². The highest BCUT2D eigenvalue weighted by Crippen LogP contribution is 2.30. The molecule has 0 amide bonds. The largest absolute Gasteiger partial charge is 0.479 e. The van der Waals surface area contributed by atoms with E-state index in [4.69, 9.17) is 28.6 Å². The minimum Gasteiger partial charge on any atom is -0.479 e. The third kappa shape index (κ3) is 2.16. The molecule has 1 aromatic carbocycles. The van der Waals surface area contributed by atoms with Crippen molar-refractivity contribution < 1.29 is 13.5 Å². The van der Waals surface area contributed by atoms with Gasteiger partial charge in [-0.2, -0.15) is 4.98 Å². The van der Waals surface area contributed by atoms with Gasteiger partial charge in [-0.1, -0.05) is 11.6 Å². The molecule has 0 saturated carbocycles. The van der Waals surface area contributed by atoms with Gasteiger partial charge in [0.2, 0.25) is 5.88 Å². The van der Waals surface area contributed by atoms with Crippen molar-refractivity contribution in [3.05, 3.63) is 39.9 Å². The number of methoxy groups -OCH3 is 1. The van der Waals surface area contributed by atoms with Gasteiger partial charge < -0.3 is 9.72 Å². The summed E-state index contributed by atoms with van der Waals surface area (Å²) in [4.78, 5) is 10.8. The average Bonchev–Trinajstić information content (AvgIpc) is 2.74. The lowest BCUT2D eigenvalue weighted by Crippen LogP contribution is -2.01. The Labute approximate surface area is 127 Å². The Morgan fingerprint density at radius 1 is 1.33 bits per heavy atom. The zero-order chi connectivity index (χ0) is 15.1. The maximum atomic E-state index is 14.1. The fourth-order valence-electron chi connectivity index (χ4n) is 2.01. The molecule has 0 radical (unpaired) electrons. The van der Waals surface area contributed by atoms with Gasteiger partial charge in [-0.05, 0) is 18.3 Å². The molecule has 3 rings (SSSR count). The van der Waals surface area contributed by atoms with Crippen LogP contribution >= 0.6 is 23.8 Å². The summed E-state index contributed by atoms with van der Waals surface area (Å²) >= 11 is 11.1. The molecule has 9 heteroatoms. The van der Waals surface area contributed by atoms with Crippen molar-refractivity contribution >= 4 is 35.0 Å². The molecule has 3 aromatic rings. The first-order chi connectivity index (χ1) is 10.0. The zero-order valence-electron chi connectivity index (χ0n) is 10.5. The first kappa shape index (κ1) is 13.9. The number of benzene rings is 1. The average molecular weight is 329 g/mol. The van der Waals surface area contributed by atoms with Gasteiger partial charge in [0.25, 0.3) is 0 Å². The van der Waals surface area contributed by atoms with Gasteiger partial charge >= 0.3 is 0 Å². The highest BCUT2D eigenvalue weighted by Gasteiger charge is 2.18. The van der Waals surface area contributed by atoms with Gasteiger partial charge in [0, 0.05) is 6.07 Å². The van der Waals surface area contributed by atoms with E-state index in [9.17, 15) is 8.78 Å². The van der Waals surface area contributed by atoms with Crippen molar-refractivity contribution in [3.8, 4) is 11.6 Å². The van der Waals surface area contributed by atoms with Crippen molar-refractivity contribution in [2.75, 3.05) is 7.11 Å². The number of fused-ring (bicyclic) bond motifs is 1. The van der Waals surface area contributed by atoms with Gasteiger partial charge in [-0.15, -0.1) is 0 Å². The molecule has 0 bridgehead atoms. The number of hydrogen-bond donors (Lipinski definition) is 1. The number of aromatic nitrogens is 4.